The van der Waals surface area contributed by atoms with Crippen molar-refractivity contribution in [2.24, 2.45) is 0 Å². The molecule has 2 aromatic carbocycles. The van der Waals surface area contributed by atoms with E-state index in [-0.39, 0.29) is 11.9 Å². The van der Waals surface area contributed by atoms with Gasteiger partial charge in [-0.25, -0.2) is 0 Å². The fourth-order valence-electron chi connectivity index (χ4n) is 2.45. The Morgan fingerprint density at radius 2 is 1.83 bits per heavy atom. The van der Waals surface area contributed by atoms with Gasteiger partial charge in [0.15, 0.2) is 0 Å². The highest BCUT2D eigenvalue weighted by Gasteiger charge is 2.10. The first-order valence-electron chi connectivity index (χ1n) is 7.69. The third-order valence-electron chi connectivity index (χ3n) is 3.80. The van der Waals surface area contributed by atoms with Gasteiger partial charge in [0.2, 0.25) is 5.91 Å². The molecule has 0 heterocycles. The van der Waals surface area contributed by atoms with Crippen LogP contribution in [0.5, 0.6) is 5.75 Å². The van der Waals surface area contributed by atoms with Crippen LogP contribution < -0.4 is 10.1 Å². The van der Waals surface area contributed by atoms with Crippen LogP contribution in [0.2, 0.25) is 0 Å². The molecule has 0 saturated carbocycles. The number of hydrogen-bond acceptors (Lipinski definition) is 2. The molecule has 3 heteroatoms. The van der Waals surface area contributed by atoms with E-state index in [0.717, 1.165) is 16.9 Å². The van der Waals surface area contributed by atoms with E-state index >= 15 is 0 Å². The van der Waals surface area contributed by atoms with E-state index < -0.39 is 0 Å². The predicted octanol–water partition coefficient (Wildman–Crippen LogP) is 4.20. The molecule has 2 aromatic rings. The van der Waals surface area contributed by atoms with Crippen LogP contribution in [0.25, 0.3) is 6.08 Å². The summed E-state index contributed by atoms with van der Waals surface area (Å²) in [6.07, 6.45) is 3.36. The Hall–Kier alpha value is -2.55. The van der Waals surface area contributed by atoms with E-state index in [1.54, 1.807) is 19.3 Å². The van der Waals surface area contributed by atoms with E-state index in [9.17, 15) is 4.79 Å². The van der Waals surface area contributed by atoms with Gasteiger partial charge in [0.05, 0.1) is 13.2 Å². The van der Waals surface area contributed by atoms with Gasteiger partial charge in [0, 0.05) is 6.08 Å². The van der Waals surface area contributed by atoms with Crippen molar-refractivity contribution >= 4 is 12.0 Å². The smallest absolute Gasteiger partial charge is 0.244 e. The van der Waals surface area contributed by atoms with Crippen molar-refractivity contribution in [1.29, 1.82) is 0 Å². The lowest BCUT2D eigenvalue weighted by Crippen LogP contribution is -2.25. The lowest BCUT2D eigenvalue weighted by molar-refractivity contribution is -0.117. The maximum atomic E-state index is 12.1. The summed E-state index contributed by atoms with van der Waals surface area (Å²) in [5.41, 5.74) is 4.49. The number of aryl methyl sites for hydroxylation is 2. The number of hydrogen-bond donors (Lipinski definition) is 1. The van der Waals surface area contributed by atoms with Crippen molar-refractivity contribution in [3.8, 4) is 5.75 Å². The van der Waals surface area contributed by atoms with Crippen LogP contribution in [-0.2, 0) is 4.79 Å². The van der Waals surface area contributed by atoms with E-state index in [0.29, 0.717) is 0 Å². The van der Waals surface area contributed by atoms with Gasteiger partial charge in [-0.15, -0.1) is 0 Å². The molecule has 23 heavy (non-hydrogen) atoms. The van der Waals surface area contributed by atoms with Crippen LogP contribution in [0.15, 0.2) is 48.5 Å². The second-order valence-electron chi connectivity index (χ2n) is 5.70. The minimum Gasteiger partial charge on any atom is -0.497 e. The maximum Gasteiger partial charge on any atom is 0.244 e. The van der Waals surface area contributed by atoms with Crippen LogP contribution in [0, 0.1) is 13.8 Å². The number of nitrogens with one attached hydrogen (secondary N) is 1. The minimum atomic E-state index is -0.103. The fraction of sp³-hybridized carbons (Fsp3) is 0.250. The molecule has 120 valence electrons. The van der Waals surface area contributed by atoms with Crippen molar-refractivity contribution < 1.29 is 9.53 Å². The first-order chi connectivity index (χ1) is 11.0. The standard InChI is InChI=1S/C20H23NO2/c1-14-5-6-15(2)19(13-14)16(3)21-20(22)12-9-17-7-10-18(23-4)11-8-17/h5-13,16H,1-4H3,(H,21,22)/b12-9+. The Kier molecular flexibility index (Phi) is 5.58. The molecule has 0 bridgehead atoms. The molecule has 0 aliphatic heterocycles. The van der Waals surface area contributed by atoms with Gasteiger partial charge in [-0.2, -0.15) is 0 Å². The summed E-state index contributed by atoms with van der Waals surface area (Å²) in [5, 5.41) is 3.01. The lowest BCUT2D eigenvalue weighted by atomic mass is 10.00. The molecule has 0 aliphatic carbocycles. The van der Waals surface area contributed by atoms with E-state index in [1.165, 1.54) is 11.1 Å². The van der Waals surface area contributed by atoms with Crippen LogP contribution in [0.1, 0.15) is 35.2 Å². The van der Waals surface area contributed by atoms with Gasteiger partial charge in [-0.1, -0.05) is 35.9 Å². The Morgan fingerprint density at radius 1 is 1.13 bits per heavy atom. The highest BCUT2D eigenvalue weighted by molar-refractivity contribution is 5.92. The summed E-state index contributed by atoms with van der Waals surface area (Å²) in [4.78, 5) is 12.1. The highest BCUT2D eigenvalue weighted by Crippen LogP contribution is 2.19. The van der Waals surface area contributed by atoms with Crippen molar-refractivity contribution in [3.05, 3.63) is 70.8 Å². The second kappa shape index (κ2) is 7.63. The normalized spacial score (nSPS) is 12.2. The zero-order valence-electron chi connectivity index (χ0n) is 14.1. The minimum absolute atomic E-state index is 0.0251. The van der Waals surface area contributed by atoms with Gasteiger partial charge in [0.25, 0.3) is 0 Å². The third kappa shape index (κ3) is 4.71. The predicted molar refractivity (Wildman–Crippen MR) is 94.5 cm³/mol. The van der Waals surface area contributed by atoms with Crippen LogP contribution in [0.3, 0.4) is 0 Å². The topological polar surface area (TPSA) is 38.3 Å². The first kappa shape index (κ1) is 16.8. The maximum absolute atomic E-state index is 12.1. The molecule has 0 radical (unpaired) electrons. The van der Waals surface area contributed by atoms with Gasteiger partial charge < -0.3 is 10.1 Å². The quantitative estimate of drug-likeness (QED) is 0.841. The molecule has 1 N–H and O–H groups in total. The zero-order valence-corrected chi connectivity index (χ0v) is 14.1. The number of carbonyl (C=O) groups excluding carboxylic acids is 1. The molecule has 2 rings (SSSR count). The molecular weight excluding hydrogens is 286 g/mol. The molecule has 0 saturated heterocycles. The first-order valence-corrected chi connectivity index (χ1v) is 7.69. The number of carbonyl (C=O) groups is 1. The van der Waals surface area contributed by atoms with E-state index in [2.05, 4.69) is 37.4 Å². The lowest BCUT2D eigenvalue weighted by Gasteiger charge is -2.16. The van der Waals surface area contributed by atoms with Crippen LogP contribution >= 0.6 is 0 Å². The number of rotatable bonds is 5. The Morgan fingerprint density at radius 3 is 2.48 bits per heavy atom. The van der Waals surface area contributed by atoms with E-state index in [4.69, 9.17) is 4.74 Å². The van der Waals surface area contributed by atoms with Crippen molar-refractivity contribution in [1.82, 2.24) is 5.32 Å². The fourth-order valence-corrected chi connectivity index (χ4v) is 2.45. The van der Waals surface area contributed by atoms with Gasteiger partial charge in [-0.3, -0.25) is 4.79 Å². The van der Waals surface area contributed by atoms with Crippen LogP contribution in [0.4, 0.5) is 0 Å². The molecule has 0 fully saturated rings. The van der Waals surface area contributed by atoms with Gasteiger partial charge >= 0.3 is 0 Å². The second-order valence-corrected chi connectivity index (χ2v) is 5.70. The summed E-state index contributed by atoms with van der Waals surface area (Å²) in [5.74, 6) is 0.698. The largest absolute Gasteiger partial charge is 0.497 e. The summed E-state index contributed by atoms with van der Waals surface area (Å²) in [7, 11) is 1.63. The van der Waals surface area contributed by atoms with Gasteiger partial charge in [-0.05, 0) is 55.7 Å². The molecule has 1 unspecified atom stereocenters. The molecule has 1 atom stereocenters. The van der Waals surface area contributed by atoms with Crippen molar-refractivity contribution in [3.63, 3.8) is 0 Å². The van der Waals surface area contributed by atoms with Crippen molar-refractivity contribution in [2.75, 3.05) is 7.11 Å². The van der Waals surface area contributed by atoms with Gasteiger partial charge in [0.1, 0.15) is 5.75 Å². The Balaban J connectivity index is 2.00. The summed E-state index contributed by atoms with van der Waals surface area (Å²) in [6, 6.07) is 13.8. The molecule has 0 spiro atoms. The summed E-state index contributed by atoms with van der Waals surface area (Å²) < 4.78 is 5.11. The number of ether oxygens (including phenoxy) is 1. The highest BCUT2D eigenvalue weighted by atomic mass is 16.5. The molecule has 3 nitrogen and oxygen atoms in total. The molecular formula is C20H23NO2. The van der Waals surface area contributed by atoms with Crippen LogP contribution in [-0.4, -0.2) is 13.0 Å². The summed E-state index contributed by atoms with van der Waals surface area (Å²) >= 11 is 0. The zero-order chi connectivity index (χ0) is 16.8. The van der Waals surface area contributed by atoms with E-state index in [1.807, 2.05) is 31.2 Å². The average Bonchev–Trinajstić information content (AvgIpc) is 2.55. The summed E-state index contributed by atoms with van der Waals surface area (Å²) in [6.45, 7) is 6.12. The average molecular weight is 309 g/mol. The monoisotopic (exact) mass is 309 g/mol. The molecule has 1 amide bonds. The van der Waals surface area contributed by atoms with Crippen molar-refractivity contribution in [2.45, 2.75) is 26.8 Å². The third-order valence-corrected chi connectivity index (χ3v) is 3.80. The molecule has 0 aliphatic rings. The number of methoxy groups -OCH3 is 1. The SMILES string of the molecule is COc1ccc(/C=C/C(=O)NC(C)c2cc(C)ccc2C)cc1. The Bertz CT molecular complexity index is 702. The number of benzene rings is 2. The Labute approximate surface area is 138 Å². The number of amides is 1. The molecule has 0 aromatic heterocycles.